The van der Waals surface area contributed by atoms with Gasteiger partial charge in [-0.05, 0) is 121 Å². The number of aromatic nitrogens is 1. The van der Waals surface area contributed by atoms with Gasteiger partial charge in [0.15, 0.2) is 0 Å². The standard InChI is InChI=1S/C65H58BN3S/c1-62(2,3)37-23-28-40(29-24-37)67-52-32-27-39(64(7,8)9)33-50(52)66-57-54(67)36-53-56(45-20-16-19-44-43-18-13-15-22-51(43)69(53)58(44)45)60(57)68(41-30-25-38(26-31-41)63(4,5)6)59-47-34-46-42-17-12-14-21-48(42)65(10,11)49(46)35-55(47)70-61(59)66/h12-36H,1-11H3. The Kier molecular flexibility index (Phi) is 8.26. The lowest BCUT2D eigenvalue weighted by molar-refractivity contribution is 0.590. The molecule has 14 rings (SSSR count). The summed E-state index contributed by atoms with van der Waals surface area (Å²) in [6.45, 7) is 25.8. The highest BCUT2D eigenvalue weighted by atomic mass is 32.1. The highest BCUT2D eigenvalue weighted by Crippen LogP contribution is 2.56. The Morgan fingerprint density at radius 1 is 0.471 bits per heavy atom. The maximum Gasteiger partial charge on any atom is 0.264 e. The molecular formula is C65H58BN3S. The van der Waals surface area contributed by atoms with Crippen molar-refractivity contribution in [3.63, 3.8) is 0 Å². The molecule has 70 heavy (non-hydrogen) atoms. The number of nitrogens with zero attached hydrogens (tertiary/aromatic N) is 3. The summed E-state index contributed by atoms with van der Waals surface area (Å²) < 4.78 is 5.35. The van der Waals surface area contributed by atoms with Crippen molar-refractivity contribution in [2.24, 2.45) is 0 Å². The number of rotatable bonds is 2. The van der Waals surface area contributed by atoms with E-state index < -0.39 is 0 Å². The molecule has 2 aliphatic heterocycles. The molecule has 342 valence electrons. The Bertz CT molecular complexity index is 4030. The van der Waals surface area contributed by atoms with Crippen LogP contribution in [0.2, 0.25) is 0 Å². The van der Waals surface area contributed by atoms with Crippen molar-refractivity contribution in [3.05, 3.63) is 179 Å². The van der Waals surface area contributed by atoms with Crippen molar-refractivity contribution in [1.29, 1.82) is 0 Å². The van der Waals surface area contributed by atoms with Crippen molar-refractivity contribution in [1.82, 2.24) is 4.40 Å². The van der Waals surface area contributed by atoms with Crippen LogP contribution in [0.25, 0.3) is 59.3 Å². The third-order valence-electron chi connectivity index (χ3n) is 16.6. The van der Waals surface area contributed by atoms with E-state index in [9.17, 15) is 0 Å². The van der Waals surface area contributed by atoms with Crippen LogP contribution in [0.5, 0.6) is 0 Å². The molecule has 3 aromatic heterocycles. The molecule has 0 amide bonds. The molecule has 0 bridgehead atoms. The Labute approximate surface area is 416 Å². The first kappa shape index (κ1) is 42.1. The molecule has 0 spiro atoms. The SMILES string of the molecule is CC(C)(C)c1ccc(N2c3ccc(C(C)(C)C)cc3B3c4sc5cc6c(cc5c4N(c4ccc(C(C)(C)C)cc4)c4c3c2cc2c4c3cccc4c5ccccc5n2c43)-c2ccccc2C6(C)C)cc1. The summed E-state index contributed by atoms with van der Waals surface area (Å²) in [7, 11) is 0. The molecular weight excluding hydrogens is 866 g/mol. The number of anilines is 6. The molecule has 1 aliphatic carbocycles. The van der Waals surface area contributed by atoms with E-state index in [1.165, 1.54) is 137 Å². The molecule has 0 saturated heterocycles. The zero-order valence-corrected chi connectivity index (χ0v) is 43.1. The topological polar surface area (TPSA) is 10.9 Å². The molecule has 8 aromatic carbocycles. The van der Waals surface area contributed by atoms with Crippen LogP contribution in [0.15, 0.2) is 152 Å². The van der Waals surface area contributed by atoms with Gasteiger partial charge in [-0.2, -0.15) is 0 Å². The second-order valence-electron chi connectivity index (χ2n) is 24.2. The van der Waals surface area contributed by atoms with Crippen LogP contribution in [-0.2, 0) is 21.7 Å². The number of thiophene rings is 1. The average Bonchev–Trinajstić information content (AvgIpc) is 4.05. The zero-order chi connectivity index (χ0) is 48.1. The fourth-order valence-electron chi connectivity index (χ4n) is 12.9. The molecule has 5 heterocycles. The van der Waals surface area contributed by atoms with Crippen molar-refractivity contribution in [3.8, 4) is 11.1 Å². The van der Waals surface area contributed by atoms with Crippen LogP contribution < -0.4 is 25.5 Å². The molecule has 3 aliphatic rings. The summed E-state index contributed by atoms with van der Waals surface area (Å²) in [5, 5.41) is 6.53. The van der Waals surface area contributed by atoms with E-state index in [-0.39, 0.29) is 28.4 Å². The van der Waals surface area contributed by atoms with Gasteiger partial charge in [0.25, 0.3) is 6.71 Å². The summed E-state index contributed by atoms with van der Waals surface area (Å²) in [6, 6.07) is 59.3. The van der Waals surface area contributed by atoms with E-state index in [1.807, 2.05) is 11.3 Å². The first-order valence-corrected chi connectivity index (χ1v) is 26.1. The third-order valence-corrected chi connectivity index (χ3v) is 17.8. The number of benzene rings is 8. The van der Waals surface area contributed by atoms with E-state index in [1.54, 1.807) is 0 Å². The van der Waals surface area contributed by atoms with Crippen molar-refractivity contribution < 1.29 is 0 Å². The van der Waals surface area contributed by atoms with E-state index in [0.717, 1.165) is 0 Å². The van der Waals surface area contributed by atoms with Crippen LogP contribution >= 0.6 is 11.3 Å². The fourth-order valence-corrected chi connectivity index (χ4v) is 14.2. The van der Waals surface area contributed by atoms with Gasteiger partial charge in [0.05, 0.1) is 27.9 Å². The minimum atomic E-state index is -0.110. The lowest BCUT2D eigenvalue weighted by atomic mass is 9.36. The van der Waals surface area contributed by atoms with Gasteiger partial charge in [-0.25, -0.2) is 0 Å². The van der Waals surface area contributed by atoms with Crippen LogP contribution in [0.4, 0.5) is 34.1 Å². The van der Waals surface area contributed by atoms with Gasteiger partial charge in [0.1, 0.15) is 0 Å². The van der Waals surface area contributed by atoms with Crippen LogP contribution in [0.3, 0.4) is 0 Å². The monoisotopic (exact) mass is 923 g/mol. The second-order valence-corrected chi connectivity index (χ2v) is 25.3. The van der Waals surface area contributed by atoms with E-state index >= 15 is 0 Å². The highest BCUT2D eigenvalue weighted by molar-refractivity contribution is 7.33. The smallest absolute Gasteiger partial charge is 0.264 e. The van der Waals surface area contributed by atoms with Gasteiger partial charge in [0, 0.05) is 64.6 Å². The van der Waals surface area contributed by atoms with Crippen LogP contribution in [0.1, 0.15) is 104 Å². The molecule has 0 atom stereocenters. The van der Waals surface area contributed by atoms with E-state index in [0.29, 0.717) is 0 Å². The average molecular weight is 924 g/mol. The minimum Gasteiger partial charge on any atom is -0.311 e. The minimum absolute atomic E-state index is 0.0113. The maximum absolute atomic E-state index is 2.72. The highest BCUT2D eigenvalue weighted by Gasteiger charge is 2.48. The summed E-state index contributed by atoms with van der Waals surface area (Å²) in [5.41, 5.74) is 23.4. The van der Waals surface area contributed by atoms with Gasteiger partial charge in [-0.3, -0.25) is 0 Å². The quantitative estimate of drug-likeness (QED) is 0.160. The Hall–Kier alpha value is -6.82. The number of hydrogen-bond acceptors (Lipinski definition) is 3. The molecule has 3 nitrogen and oxygen atoms in total. The molecule has 0 N–H and O–H groups in total. The Morgan fingerprint density at radius 2 is 1.09 bits per heavy atom. The van der Waals surface area contributed by atoms with E-state index in [2.05, 4.69) is 242 Å². The molecule has 5 heteroatoms. The van der Waals surface area contributed by atoms with Gasteiger partial charge in [-0.15, -0.1) is 11.3 Å². The Balaban J connectivity index is 1.19. The molecule has 11 aromatic rings. The predicted molar refractivity (Wildman–Crippen MR) is 304 cm³/mol. The van der Waals surface area contributed by atoms with Crippen molar-refractivity contribution in [2.75, 3.05) is 9.80 Å². The Morgan fingerprint density at radius 3 is 1.79 bits per heavy atom. The predicted octanol–water partition coefficient (Wildman–Crippen LogP) is 16.3. The normalized spacial score (nSPS) is 15.1. The number of hydrogen-bond donors (Lipinski definition) is 0. The van der Waals surface area contributed by atoms with Crippen LogP contribution in [-0.4, -0.2) is 11.1 Å². The third kappa shape index (κ3) is 5.53. The van der Waals surface area contributed by atoms with Crippen molar-refractivity contribution >= 4 is 116 Å². The summed E-state index contributed by atoms with van der Waals surface area (Å²) in [4.78, 5) is 5.34. The first-order chi connectivity index (χ1) is 33.4. The lowest BCUT2D eigenvalue weighted by Crippen LogP contribution is -2.60. The van der Waals surface area contributed by atoms with Crippen molar-refractivity contribution in [2.45, 2.75) is 97.8 Å². The van der Waals surface area contributed by atoms with Gasteiger partial charge in [-0.1, -0.05) is 173 Å². The van der Waals surface area contributed by atoms with Crippen LogP contribution in [0, 0.1) is 0 Å². The second kappa shape index (κ2) is 13.7. The largest absolute Gasteiger partial charge is 0.311 e. The summed E-state index contributed by atoms with van der Waals surface area (Å²) in [5.74, 6) is 0. The van der Waals surface area contributed by atoms with E-state index in [4.69, 9.17) is 0 Å². The molecule has 0 fully saturated rings. The maximum atomic E-state index is 2.72. The summed E-state index contributed by atoms with van der Waals surface area (Å²) >= 11 is 2.02. The van der Waals surface area contributed by atoms with Gasteiger partial charge >= 0.3 is 0 Å². The molecule has 0 radical (unpaired) electrons. The first-order valence-electron chi connectivity index (χ1n) is 25.3. The number of para-hydroxylation sites is 2. The zero-order valence-electron chi connectivity index (χ0n) is 42.3. The lowest BCUT2D eigenvalue weighted by Gasteiger charge is -2.44. The molecule has 0 saturated carbocycles. The van der Waals surface area contributed by atoms with Gasteiger partial charge < -0.3 is 14.2 Å². The summed E-state index contributed by atoms with van der Waals surface area (Å²) in [6.07, 6.45) is 0. The fraction of sp³-hybridized carbons (Fsp3) is 0.231. The number of fused-ring (bicyclic) bond motifs is 16. The molecule has 0 unspecified atom stereocenters. The van der Waals surface area contributed by atoms with Gasteiger partial charge in [0.2, 0.25) is 0 Å².